The maximum absolute atomic E-state index is 13.1. The zero-order valence-corrected chi connectivity index (χ0v) is 25.3. The Hall–Kier alpha value is -4.04. The standard InChI is InChI=1S/C30H36F3N5O6/c1-6-23-16-37(17-24-25(42-23)9-8-12-34-24)14-21-13-20(11-10-19(21)3)26(41-18-22-15-38(7-2)36-35-22)29(4,5)27(39)43-44-28(40)30(31,32)33/h8-13,15,23,26H,6-7,14,16-18H2,1-5H3/t23-,26-/m1/s1. The van der Waals surface area contributed by atoms with Gasteiger partial charge in [0.1, 0.15) is 17.5 Å². The zero-order chi connectivity index (χ0) is 32.1. The monoisotopic (exact) mass is 619 g/mol. The lowest BCUT2D eigenvalue weighted by Gasteiger charge is -2.32. The molecule has 0 unspecified atom stereocenters. The van der Waals surface area contributed by atoms with E-state index >= 15 is 0 Å². The molecule has 0 N–H and O–H groups in total. The fraction of sp³-hybridized carbons (Fsp3) is 0.500. The molecule has 0 radical (unpaired) electrons. The number of aromatic nitrogens is 4. The molecule has 44 heavy (non-hydrogen) atoms. The van der Waals surface area contributed by atoms with Crippen molar-refractivity contribution in [3.05, 3.63) is 70.8 Å². The fourth-order valence-electron chi connectivity index (χ4n) is 4.82. The summed E-state index contributed by atoms with van der Waals surface area (Å²) in [6.45, 7) is 11.1. The summed E-state index contributed by atoms with van der Waals surface area (Å²) in [6, 6.07) is 9.31. The molecule has 0 bridgehead atoms. The van der Waals surface area contributed by atoms with Gasteiger partial charge in [0, 0.05) is 32.4 Å². The van der Waals surface area contributed by atoms with Crippen LogP contribution in [0.4, 0.5) is 13.2 Å². The van der Waals surface area contributed by atoms with Gasteiger partial charge < -0.3 is 9.47 Å². The molecule has 0 amide bonds. The number of hydrogen-bond donors (Lipinski definition) is 0. The third-order valence-corrected chi connectivity index (χ3v) is 7.42. The summed E-state index contributed by atoms with van der Waals surface area (Å²) in [5.41, 5.74) is 2.20. The molecule has 11 nitrogen and oxygen atoms in total. The van der Waals surface area contributed by atoms with Crippen molar-refractivity contribution in [1.82, 2.24) is 24.9 Å². The number of hydrogen-bond acceptors (Lipinski definition) is 10. The van der Waals surface area contributed by atoms with E-state index in [0.717, 1.165) is 29.0 Å². The minimum absolute atomic E-state index is 0.0373. The van der Waals surface area contributed by atoms with Crippen molar-refractivity contribution in [1.29, 1.82) is 0 Å². The third-order valence-electron chi connectivity index (χ3n) is 7.42. The van der Waals surface area contributed by atoms with Crippen LogP contribution in [0.2, 0.25) is 0 Å². The van der Waals surface area contributed by atoms with E-state index in [2.05, 4.69) is 36.9 Å². The van der Waals surface area contributed by atoms with Crippen LogP contribution < -0.4 is 4.74 Å². The lowest BCUT2D eigenvalue weighted by Crippen LogP contribution is -2.37. The summed E-state index contributed by atoms with van der Waals surface area (Å²) in [7, 11) is 0. The molecule has 3 heterocycles. The van der Waals surface area contributed by atoms with Crippen molar-refractivity contribution in [2.24, 2.45) is 5.41 Å². The predicted molar refractivity (Wildman–Crippen MR) is 149 cm³/mol. The first-order valence-electron chi connectivity index (χ1n) is 14.2. The summed E-state index contributed by atoms with van der Waals surface area (Å²) in [4.78, 5) is 39.2. The number of fused-ring (bicyclic) bond motifs is 1. The lowest BCUT2D eigenvalue weighted by molar-refractivity contribution is -0.293. The van der Waals surface area contributed by atoms with Crippen molar-refractivity contribution in [3.8, 4) is 5.75 Å². The van der Waals surface area contributed by atoms with E-state index in [9.17, 15) is 22.8 Å². The third kappa shape index (κ3) is 7.91. The maximum atomic E-state index is 13.1. The van der Waals surface area contributed by atoms with Gasteiger partial charge in [0.25, 0.3) is 0 Å². The van der Waals surface area contributed by atoms with Gasteiger partial charge in [-0.05, 0) is 62.9 Å². The van der Waals surface area contributed by atoms with E-state index in [1.807, 2.05) is 38.1 Å². The van der Waals surface area contributed by atoms with Crippen molar-refractivity contribution >= 4 is 11.9 Å². The van der Waals surface area contributed by atoms with Crippen LogP contribution in [-0.4, -0.2) is 55.6 Å². The largest absolute Gasteiger partial charge is 0.495 e. The lowest BCUT2D eigenvalue weighted by atomic mass is 9.81. The summed E-state index contributed by atoms with van der Waals surface area (Å²) in [5, 5.41) is 8.06. The summed E-state index contributed by atoms with van der Waals surface area (Å²) < 4.78 is 52.0. The Labute approximate surface area is 253 Å². The molecule has 2 atom stereocenters. The summed E-state index contributed by atoms with van der Waals surface area (Å²) in [6.07, 6.45) is -2.19. The molecule has 0 saturated carbocycles. The average Bonchev–Trinajstić information content (AvgIpc) is 3.37. The van der Waals surface area contributed by atoms with E-state index in [0.29, 0.717) is 37.4 Å². The van der Waals surface area contributed by atoms with Gasteiger partial charge in [0.05, 0.1) is 30.0 Å². The molecule has 0 spiro atoms. The Bertz CT molecular complexity index is 1460. The van der Waals surface area contributed by atoms with Gasteiger partial charge in [-0.1, -0.05) is 30.3 Å². The van der Waals surface area contributed by atoms with E-state index in [4.69, 9.17) is 9.47 Å². The molecule has 0 saturated heterocycles. The number of nitrogens with zero attached hydrogens (tertiary/aromatic N) is 5. The minimum Gasteiger partial charge on any atom is -0.487 e. The Kier molecular flexibility index (Phi) is 10.3. The van der Waals surface area contributed by atoms with Crippen LogP contribution in [0.25, 0.3) is 0 Å². The smallest absolute Gasteiger partial charge is 0.487 e. The molecular weight excluding hydrogens is 583 g/mol. The normalized spacial score (nSPS) is 16.4. The van der Waals surface area contributed by atoms with Gasteiger partial charge in [0.2, 0.25) is 0 Å². The van der Waals surface area contributed by atoms with Gasteiger partial charge in [-0.25, -0.2) is 19.4 Å². The van der Waals surface area contributed by atoms with E-state index in [-0.39, 0.29) is 12.7 Å². The minimum atomic E-state index is -5.33. The van der Waals surface area contributed by atoms with Gasteiger partial charge >= 0.3 is 18.1 Å². The summed E-state index contributed by atoms with van der Waals surface area (Å²) in [5.74, 6) is -3.11. The Morgan fingerprint density at radius 3 is 2.57 bits per heavy atom. The molecule has 14 heteroatoms. The number of carbonyl (C=O) groups excluding carboxylic acids is 2. The summed E-state index contributed by atoms with van der Waals surface area (Å²) >= 11 is 0. The Morgan fingerprint density at radius 2 is 1.89 bits per heavy atom. The van der Waals surface area contributed by atoms with E-state index in [1.165, 1.54) is 13.8 Å². The Balaban J connectivity index is 1.62. The second-order valence-electron chi connectivity index (χ2n) is 11.2. The first-order chi connectivity index (χ1) is 20.8. The van der Waals surface area contributed by atoms with Crippen molar-refractivity contribution in [2.45, 2.75) is 85.7 Å². The highest BCUT2D eigenvalue weighted by Crippen LogP contribution is 2.40. The highest BCUT2D eigenvalue weighted by molar-refractivity contribution is 5.79. The maximum Gasteiger partial charge on any atom is 0.495 e. The number of benzene rings is 1. The highest BCUT2D eigenvalue weighted by Gasteiger charge is 2.46. The number of alkyl halides is 3. The molecule has 1 aromatic carbocycles. The first-order valence-corrected chi connectivity index (χ1v) is 14.2. The van der Waals surface area contributed by atoms with E-state index < -0.39 is 29.6 Å². The van der Waals surface area contributed by atoms with Gasteiger partial charge in [-0.3, -0.25) is 14.6 Å². The van der Waals surface area contributed by atoms with Crippen LogP contribution in [0.5, 0.6) is 5.75 Å². The fourth-order valence-corrected chi connectivity index (χ4v) is 4.82. The molecule has 238 valence electrons. The molecule has 0 fully saturated rings. The Morgan fingerprint density at radius 1 is 1.14 bits per heavy atom. The number of pyridine rings is 1. The number of ether oxygens (including phenoxy) is 2. The quantitative estimate of drug-likeness (QED) is 0.226. The molecule has 0 aliphatic carbocycles. The van der Waals surface area contributed by atoms with Crippen molar-refractivity contribution in [2.75, 3.05) is 6.54 Å². The van der Waals surface area contributed by atoms with Crippen LogP contribution in [0, 0.1) is 12.3 Å². The molecule has 3 aromatic rings. The number of halogens is 3. The SMILES string of the molecule is CC[C@@H]1CN(Cc2cc([C@@H](OCc3cn(CC)nn3)C(C)(C)C(=O)OOC(=O)C(F)(F)F)ccc2C)Cc2ncccc2O1. The second-order valence-corrected chi connectivity index (χ2v) is 11.2. The predicted octanol–water partition coefficient (Wildman–Crippen LogP) is 5.02. The highest BCUT2D eigenvalue weighted by atomic mass is 19.4. The van der Waals surface area contributed by atoms with Crippen LogP contribution in [0.15, 0.2) is 42.7 Å². The van der Waals surface area contributed by atoms with Crippen molar-refractivity contribution in [3.63, 3.8) is 0 Å². The molecule has 1 aliphatic heterocycles. The molecule has 1 aliphatic rings. The van der Waals surface area contributed by atoms with Gasteiger partial charge in [-0.2, -0.15) is 13.2 Å². The van der Waals surface area contributed by atoms with Crippen molar-refractivity contribution < 1.29 is 42.0 Å². The number of aryl methyl sites for hydroxylation is 2. The second kappa shape index (κ2) is 13.7. The van der Waals surface area contributed by atoms with Gasteiger partial charge in [-0.15, -0.1) is 5.10 Å². The van der Waals surface area contributed by atoms with Crippen LogP contribution >= 0.6 is 0 Å². The van der Waals surface area contributed by atoms with E-state index in [1.54, 1.807) is 23.1 Å². The zero-order valence-electron chi connectivity index (χ0n) is 25.3. The topological polar surface area (TPSA) is 118 Å². The number of rotatable bonds is 10. The first kappa shape index (κ1) is 32.9. The average molecular weight is 620 g/mol. The van der Waals surface area contributed by atoms with Crippen LogP contribution in [0.1, 0.15) is 68.3 Å². The number of carbonyl (C=O) groups is 2. The van der Waals surface area contributed by atoms with Crippen LogP contribution in [-0.2, 0) is 50.3 Å². The molecule has 2 aromatic heterocycles. The molecular formula is C30H36F3N5O6. The van der Waals surface area contributed by atoms with Gasteiger partial charge in [0.15, 0.2) is 0 Å². The van der Waals surface area contributed by atoms with Crippen LogP contribution in [0.3, 0.4) is 0 Å². The molecule has 4 rings (SSSR count).